The fourth-order valence-corrected chi connectivity index (χ4v) is 4.08. The summed E-state index contributed by atoms with van der Waals surface area (Å²) in [7, 11) is 0. The molecule has 2 aliphatic rings. The summed E-state index contributed by atoms with van der Waals surface area (Å²) in [6, 6.07) is 3.86. The summed E-state index contributed by atoms with van der Waals surface area (Å²) in [6.07, 6.45) is 3.47. The molecule has 2 amide bonds. The van der Waals surface area contributed by atoms with Crippen LogP contribution < -0.4 is 10.2 Å². The zero-order valence-corrected chi connectivity index (χ0v) is 18.3. The lowest BCUT2D eigenvalue weighted by atomic mass is 9.90. The fraction of sp³-hybridized carbons (Fsp3) is 0.682. The van der Waals surface area contributed by atoms with Crippen LogP contribution in [0.4, 0.5) is 11.5 Å². The first-order chi connectivity index (χ1) is 13.6. The molecule has 0 saturated carbocycles. The fourth-order valence-electron chi connectivity index (χ4n) is 4.08. The maximum Gasteiger partial charge on any atom is 0.227 e. The van der Waals surface area contributed by atoms with Crippen LogP contribution in [0, 0.1) is 11.3 Å². The minimum absolute atomic E-state index is 0.0102. The molecule has 0 bridgehead atoms. The van der Waals surface area contributed by atoms with Crippen molar-refractivity contribution in [2.75, 3.05) is 36.4 Å². The van der Waals surface area contributed by atoms with Crippen LogP contribution in [0.5, 0.6) is 0 Å². The second-order valence-electron chi connectivity index (χ2n) is 9.37. The van der Waals surface area contributed by atoms with E-state index in [1.165, 1.54) is 0 Å². The maximum atomic E-state index is 12.6. The smallest absolute Gasteiger partial charge is 0.227 e. The average Bonchev–Trinajstić information content (AvgIpc) is 2.66. The van der Waals surface area contributed by atoms with E-state index in [4.69, 9.17) is 4.74 Å². The van der Waals surface area contributed by atoms with Crippen molar-refractivity contribution in [1.82, 2.24) is 9.88 Å². The molecule has 3 rings (SSSR count). The Hall–Kier alpha value is -2.15. The molecule has 160 valence electrons. The highest BCUT2D eigenvalue weighted by atomic mass is 16.5. The molecule has 29 heavy (non-hydrogen) atoms. The van der Waals surface area contributed by atoms with Gasteiger partial charge in [0.05, 0.1) is 24.1 Å². The predicted octanol–water partition coefficient (Wildman–Crippen LogP) is 2.92. The quantitative estimate of drug-likeness (QED) is 0.841. The molecule has 2 saturated heterocycles. The van der Waals surface area contributed by atoms with Crippen molar-refractivity contribution in [2.45, 2.75) is 59.7 Å². The van der Waals surface area contributed by atoms with Crippen LogP contribution in [-0.4, -0.2) is 60.1 Å². The van der Waals surface area contributed by atoms with Gasteiger partial charge in [0.1, 0.15) is 5.82 Å². The molecule has 0 radical (unpaired) electrons. The number of pyridine rings is 1. The number of amides is 2. The summed E-state index contributed by atoms with van der Waals surface area (Å²) in [5.74, 6) is 0.998. The van der Waals surface area contributed by atoms with E-state index in [1.54, 1.807) is 6.20 Å². The van der Waals surface area contributed by atoms with E-state index in [0.717, 1.165) is 18.9 Å². The third kappa shape index (κ3) is 5.47. The summed E-state index contributed by atoms with van der Waals surface area (Å²) in [5.41, 5.74) is 0.333. The summed E-state index contributed by atoms with van der Waals surface area (Å²) >= 11 is 0. The highest BCUT2D eigenvalue weighted by Crippen LogP contribution is 2.25. The monoisotopic (exact) mass is 402 g/mol. The van der Waals surface area contributed by atoms with Crippen LogP contribution in [0.1, 0.15) is 47.5 Å². The molecule has 1 aromatic heterocycles. The van der Waals surface area contributed by atoms with Gasteiger partial charge in [0.25, 0.3) is 0 Å². The van der Waals surface area contributed by atoms with Crippen LogP contribution in [-0.2, 0) is 14.3 Å². The van der Waals surface area contributed by atoms with Gasteiger partial charge in [0, 0.05) is 37.5 Å². The van der Waals surface area contributed by atoms with Gasteiger partial charge < -0.3 is 19.9 Å². The predicted molar refractivity (Wildman–Crippen MR) is 114 cm³/mol. The minimum Gasteiger partial charge on any atom is -0.372 e. The Balaban J connectivity index is 1.52. The van der Waals surface area contributed by atoms with Crippen molar-refractivity contribution in [3.63, 3.8) is 0 Å². The van der Waals surface area contributed by atoms with Crippen LogP contribution >= 0.6 is 0 Å². The summed E-state index contributed by atoms with van der Waals surface area (Å²) in [6.45, 7) is 12.8. The van der Waals surface area contributed by atoms with Gasteiger partial charge in [0.2, 0.25) is 11.8 Å². The summed E-state index contributed by atoms with van der Waals surface area (Å²) < 4.78 is 5.77. The zero-order valence-electron chi connectivity index (χ0n) is 18.3. The number of anilines is 2. The van der Waals surface area contributed by atoms with Crippen LogP contribution in [0.2, 0.25) is 0 Å². The van der Waals surface area contributed by atoms with E-state index >= 15 is 0 Å². The van der Waals surface area contributed by atoms with Gasteiger partial charge in [-0.3, -0.25) is 9.59 Å². The van der Waals surface area contributed by atoms with Gasteiger partial charge in [-0.15, -0.1) is 0 Å². The van der Waals surface area contributed by atoms with Crippen molar-refractivity contribution in [1.29, 1.82) is 0 Å². The van der Waals surface area contributed by atoms with E-state index in [-0.39, 0.29) is 35.4 Å². The molecular weight excluding hydrogens is 368 g/mol. The van der Waals surface area contributed by atoms with E-state index < -0.39 is 0 Å². The molecule has 2 unspecified atom stereocenters. The number of nitrogens with one attached hydrogen (secondary N) is 1. The summed E-state index contributed by atoms with van der Waals surface area (Å²) in [5, 5.41) is 2.99. The van der Waals surface area contributed by atoms with E-state index in [2.05, 4.69) is 29.0 Å². The van der Waals surface area contributed by atoms with Gasteiger partial charge in [-0.05, 0) is 38.8 Å². The molecule has 0 aromatic carbocycles. The number of hydrogen-bond donors (Lipinski definition) is 1. The minimum atomic E-state index is -0.376. The van der Waals surface area contributed by atoms with E-state index in [9.17, 15) is 9.59 Å². The first-order valence-corrected chi connectivity index (χ1v) is 10.6. The molecule has 2 fully saturated rings. The molecule has 1 aromatic rings. The third-order valence-corrected chi connectivity index (χ3v) is 5.55. The number of likely N-dealkylation sites (tertiary alicyclic amines) is 1. The van der Waals surface area contributed by atoms with Crippen molar-refractivity contribution in [3.8, 4) is 0 Å². The Bertz CT molecular complexity index is 711. The number of rotatable bonds is 3. The molecule has 2 aliphatic heterocycles. The Morgan fingerprint density at radius 3 is 2.24 bits per heavy atom. The molecule has 1 N–H and O–H groups in total. The zero-order chi connectivity index (χ0) is 21.2. The Morgan fingerprint density at radius 1 is 1.10 bits per heavy atom. The number of aromatic nitrogens is 1. The second-order valence-corrected chi connectivity index (χ2v) is 9.37. The SMILES string of the molecule is CC1CN(c2ccc(NC(=O)C3CCN(C(=O)C(C)(C)C)CC3)cn2)CC(C)O1. The number of ether oxygens (including phenoxy) is 1. The Labute approximate surface area is 173 Å². The van der Waals surface area contributed by atoms with Gasteiger partial charge in [-0.2, -0.15) is 0 Å². The molecule has 2 atom stereocenters. The third-order valence-electron chi connectivity index (χ3n) is 5.55. The first kappa shape index (κ1) is 21.6. The normalized spacial score (nSPS) is 23.8. The number of piperidine rings is 1. The number of carbonyl (C=O) groups excluding carboxylic acids is 2. The lowest BCUT2D eigenvalue weighted by molar-refractivity contribution is -0.142. The number of hydrogen-bond acceptors (Lipinski definition) is 5. The first-order valence-electron chi connectivity index (χ1n) is 10.6. The van der Waals surface area contributed by atoms with Crippen LogP contribution in [0.25, 0.3) is 0 Å². The lowest BCUT2D eigenvalue weighted by Gasteiger charge is -2.36. The van der Waals surface area contributed by atoms with Crippen molar-refractivity contribution >= 4 is 23.3 Å². The molecule has 0 spiro atoms. The Morgan fingerprint density at radius 2 is 1.72 bits per heavy atom. The van der Waals surface area contributed by atoms with Crippen molar-refractivity contribution in [2.24, 2.45) is 11.3 Å². The molecular formula is C22H34N4O3. The highest BCUT2D eigenvalue weighted by Gasteiger charge is 2.32. The largest absolute Gasteiger partial charge is 0.372 e. The summed E-state index contributed by atoms with van der Waals surface area (Å²) in [4.78, 5) is 33.7. The standard InChI is InChI=1S/C22H34N4O3/c1-15-13-26(14-16(2)29-15)19-7-6-18(12-23-19)24-20(27)17-8-10-25(11-9-17)21(28)22(3,4)5/h6-7,12,15-17H,8-11,13-14H2,1-5H3,(H,24,27). The van der Waals surface area contributed by atoms with Crippen LogP contribution in [0.15, 0.2) is 18.3 Å². The van der Waals surface area contributed by atoms with Crippen molar-refractivity contribution < 1.29 is 14.3 Å². The molecule has 7 nitrogen and oxygen atoms in total. The molecule has 0 aliphatic carbocycles. The van der Waals surface area contributed by atoms with Gasteiger partial charge in [0.15, 0.2) is 0 Å². The number of morpholine rings is 1. The lowest BCUT2D eigenvalue weighted by Crippen LogP contribution is -2.46. The van der Waals surface area contributed by atoms with Gasteiger partial charge in [-0.25, -0.2) is 4.98 Å². The van der Waals surface area contributed by atoms with Gasteiger partial charge >= 0.3 is 0 Å². The Kier molecular flexibility index (Phi) is 6.46. The molecule has 7 heteroatoms. The average molecular weight is 403 g/mol. The number of nitrogens with zero attached hydrogens (tertiary/aromatic N) is 3. The number of carbonyl (C=O) groups is 2. The van der Waals surface area contributed by atoms with Crippen molar-refractivity contribution in [3.05, 3.63) is 18.3 Å². The second kappa shape index (κ2) is 8.69. The topological polar surface area (TPSA) is 74.8 Å². The van der Waals surface area contributed by atoms with Gasteiger partial charge in [-0.1, -0.05) is 20.8 Å². The van der Waals surface area contributed by atoms with Crippen LogP contribution in [0.3, 0.4) is 0 Å². The highest BCUT2D eigenvalue weighted by molar-refractivity contribution is 5.92. The van der Waals surface area contributed by atoms with E-state index in [0.29, 0.717) is 31.6 Å². The van der Waals surface area contributed by atoms with E-state index in [1.807, 2.05) is 37.8 Å². The molecule has 3 heterocycles. The maximum absolute atomic E-state index is 12.6.